The third kappa shape index (κ3) is 2.39. The number of fused-ring (bicyclic) bond motifs is 1. The highest BCUT2D eigenvalue weighted by molar-refractivity contribution is 6.38. The second-order valence-electron chi connectivity index (χ2n) is 3.53. The zero-order chi connectivity index (χ0) is 14.0. The first-order chi connectivity index (χ1) is 9.08. The maximum atomic E-state index is 11.6. The van der Waals surface area contributed by atoms with Gasteiger partial charge in [0.05, 0.1) is 29.7 Å². The van der Waals surface area contributed by atoms with Gasteiger partial charge in [-0.25, -0.2) is 14.6 Å². The van der Waals surface area contributed by atoms with Crippen LogP contribution in [0.1, 0.15) is 27.8 Å². The van der Waals surface area contributed by atoms with E-state index in [9.17, 15) is 9.59 Å². The molecule has 0 radical (unpaired) electrons. The van der Waals surface area contributed by atoms with Crippen LogP contribution in [0.2, 0.25) is 5.02 Å². The number of aromatic nitrogens is 1. The quantitative estimate of drug-likeness (QED) is 0.805. The van der Waals surface area contributed by atoms with Crippen LogP contribution in [0.25, 0.3) is 11.1 Å². The summed E-state index contributed by atoms with van der Waals surface area (Å²) in [4.78, 5) is 26.9. The summed E-state index contributed by atoms with van der Waals surface area (Å²) in [5.74, 6) is -1.26. The van der Waals surface area contributed by atoms with Gasteiger partial charge in [0.25, 0.3) is 0 Å². The summed E-state index contributed by atoms with van der Waals surface area (Å²) in [5.41, 5.74) is 0.270. The molecule has 7 heteroatoms. The maximum Gasteiger partial charge on any atom is 0.374 e. The Morgan fingerprint density at radius 1 is 1.42 bits per heavy atom. The molecule has 0 fully saturated rings. The van der Waals surface area contributed by atoms with Crippen molar-refractivity contribution in [2.75, 3.05) is 13.7 Å². The lowest BCUT2D eigenvalue weighted by atomic mass is 10.2. The van der Waals surface area contributed by atoms with E-state index in [1.54, 1.807) is 6.92 Å². The standard InChI is InChI=1S/C12H10ClNO5/c1-3-18-11(15)7-5-14-10-6(9(7)13)4-8(19-10)12(16)17-2/h4-5H,3H2,1-2H3. The monoisotopic (exact) mass is 283 g/mol. The molecule has 0 aliphatic heterocycles. The SMILES string of the molecule is CCOC(=O)c1cnc2oc(C(=O)OC)cc2c1Cl. The fourth-order valence-corrected chi connectivity index (χ4v) is 1.77. The number of rotatable bonds is 3. The van der Waals surface area contributed by atoms with Crippen molar-refractivity contribution in [3.63, 3.8) is 0 Å². The summed E-state index contributed by atoms with van der Waals surface area (Å²) in [5, 5.41) is 0.481. The van der Waals surface area contributed by atoms with E-state index in [4.69, 9.17) is 20.8 Å². The normalized spacial score (nSPS) is 10.5. The zero-order valence-corrected chi connectivity index (χ0v) is 11.0. The van der Waals surface area contributed by atoms with Crippen molar-refractivity contribution in [2.45, 2.75) is 6.92 Å². The van der Waals surface area contributed by atoms with Crippen LogP contribution in [0, 0.1) is 0 Å². The molecule has 0 saturated carbocycles. The second kappa shape index (κ2) is 5.27. The molecule has 2 rings (SSSR count). The zero-order valence-electron chi connectivity index (χ0n) is 10.2. The average Bonchev–Trinajstić information content (AvgIpc) is 2.83. The minimum absolute atomic E-state index is 0.0343. The number of carbonyl (C=O) groups is 2. The van der Waals surface area contributed by atoms with Crippen molar-refractivity contribution in [3.8, 4) is 0 Å². The minimum atomic E-state index is -0.647. The predicted molar refractivity (Wildman–Crippen MR) is 66.3 cm³/mol. The molecule has 6 nitrogen and oxygen atoms in total. The summed E-state index contributed by atoms with van der Waals surface area (Å²) >= 11 is 6.08. The summed E-state index contributed by atoms with van der Waals surface area (Å²) in [6, 6.07) is 1.37. The minimum Gasteiger partial charge on any atom is -0.463 e. The van der Waals surface area contributed by atoms with Gasteiger partial charge in [-0.15, -0.1) is 0 Å². The van der Waals surface area contributed by atoms with Gasteiger partial charge in [-0.2, -0.15) is 0 Å². The first kappa shape index (κ1) is 13.4. The molecule has 100 valence electrons. The van der Waals surface area contributed by atoms with Gasteiger partial charge >= 0.3 is 11.9 Å². The third-order valence-electron chi connectivity index (χ3n) is 2.38. The van der Waals surface area contributed by atoms with Crippen LogP contribution in [-0.2, 0) is 9.47 Å². The Labute approximate surface area is 113 Å². The van der Waals surface area contributed by atoms with E-state index in [1.165, 1.54) is 19.4 Å². The molecule has 0 spiro atoms. The number of furan rings is 1. The van der Waals surface area contributed by atoms with Crippen LogP contribution in [0.5, 0.6) is 0 Å². The van der Waals surface area contributed by atoms with E-state index < -0.39 is 11.9 Å². The van der Waals surface area contributed by atoms with E-state index in [2.05, 4.69) is 9.72 Å². The van der Waals surface area contributed by atoms with Gasteiger partial charge in [-0.3, -0.25) is 0 Å². The average molecular weight is 284 g/mol. The van der Waals surface area contributed by atoms with Crippen molar-refractivity contribution in [1.82, 2.24) is 4.98 Å². The van der Waals surface area contributed by atoms with Gasteiger partial charge in [0.1, 0.15) is 0 Å². The molecule has 2 heterocycles. The molecule has 2 aromatic rings. The predicted octanol–water partition coefficient (Wildman–Crippen LogP) is 2.44. The van der Waals surface area contributed by atoms with Crippen molar-refractivity contribution >= 4 is 34.6 Å². The lowest BCUT2D eigenvalue weighted by Gasteiger charge is -2.03. The van der Waals surface area contributed by atoms with E-state index >= 15 is 0 Å². The van der Waals surface area contributed by atoms with Crippen LogP contribution < -0.4 is 0 Å². The van der Waals surface area contributed by atoms with E-state index in [-0.39, 0.29) is 28.7 Å². The van der Waals surface area contributed by atoms with Crippen LogP contribution in [0.4, 0.5) is 0 Å². The molecule has 2 aromatic heterocycles. The molecular formula is C12H10ClNO5. The highest BCUT2D eigenvalue weighted by Crippen LogP contribution is 2.29. The molecule has 0 aliphatic carbocycles. The molecule has 0 aliphatic rings. The first-order valence-corrected chi connectivity index (χ1v) is 5.79. The molecule has 0 atom stereocenters. The number of halogens is 1. The van der Waals surface area contributed by atoms with Crippen molar-refractivity contribution in [3.05, 3.63) is 28.6 Å². The number of pyridine rings is 1. The van der Waals surface area contributed by atoms with E-state index in [1.807, 2.05) is 0 Å². The lowest BCUT2D eigenvalue weighted by molar-refractivity contribution is 0.0524. The smallest absolute Gasteiger partial charge is 0.374 e. The largest absolute Gasteiger partial charge is 0.463 e. The third-order valence-corrected chi connectivity index (χ3v) is 2.79. The highest BCUT2D eigenvalue weighted by Gasteiger charge is 2.20. The molecule has 0 N–H and O–H groups in total. The van der Waals surface area contributed by atoms with Gasteiger partial charge in [0, 0.05) is 12.3 Å². The topological polar surface area (TPSA) is 78.6 Å². The summed E-state index contributed by atoms with van der Waals surface area (Å²) < 4.78 is 14.5. The highest BCUT2D eigenvalue weighted by atomic mass is 35.5. The number of nitrogens with zero attached hydrogens (tertiary/aromatic N) is 1. The van der Waals surface area contributed by atoms with Gasteiger partial charge in [-0.1, -0.05) is 11.6 Å². The number of hydrogen-bond acceptors (Lipinski definition) is 6. The summed E-state index contributed by atoms with van der Waals surface area (Å²) in [6.45, 7) is 1.91. The fourth-order valence-electron chi connectivity index (χ4n) is 1.51. The molecule has 0 saturated heterocycles. The first-order valence-electron chi connectivity index (χ1n) is 5.42. The van der Waals surface area contributed by atoms with Crippen LogP contribution in [0.3, 0.4) is 0 Å². The molecule has 0 amide bonds. The molecule has 0 aromatic carbocycles. The Kier molecular flexibility index (Phi) is 3.71. The van der Waals surface area contributed by atoms with Crippen LogP contribution in [-0.4, -0.2) is 30.6 Å². The van der Waals surface area contributed by atoms with Gasteiger partial charge in [-0.05, 0) is 6.92 Å². The van der Waals surface area contributed by atoms with E-state index in [0.29, 0.717) is 5.39 Å². The molecule has 0 bridgehead atoms. The number of esters is 2. The van der Waals surface area contributed by atoms with Crippen molar-refractivity contribution in [1.29, 1.82) is 0 Å². The number of carbonyl (C=O) groups excluding carboxylic acids is 2. The summed E-state index contributed by atoms with van der Waals surface area (Å²) in [6.07, 6.45) is 1.24. The number of ether oxygens (including phenoxy) is 2. The van der Waals surface area contributed by atoms with Gasteiger partial charge < -0.3 is 13.9 Å². The Morgan fingerprint density at radius 2 is 2.16 bits per heavy atom. The van der Waals surface area contributed by atoms with Crippen LogP contribution >= 0.6 is 11.6 Å². The van der Waals surface area contributed by atoms with Gasteiger partial charge in [0.15, 0.2) is 0 Å². The Hall–Kier alpha value is -2.08. The van der Waals surface area contributed by atoms with Crippen LogP contribution in [0.15, 0.2) is 16.7 Å². The Balaban J connectivity index is 2.52. The van der Waals surface area contributed by atoms with Crippen molar-refractivity contribution in [2.24, 2.45) is 0 Å². The van der Waals surface area contributed by atoms with E-state index in [0.717, 1.165) is 0 Å². The lowest BCUT2D eigenvalue weighted by Crippen LogP contribution is -2.05. The van der Waals surface area contributed by atoms with Crippen molar-refractivity contribution < 1.29 is 23.5 Å². The Bertz CT molecular complexity index is 649. The maximum absolute atomic E-state index is 11.6. The van der Waals surface area contributed by atoms with Gasteiger partial charge in [0.2, 0.25) is 11.5 Å². The molecule has 0 unspecified atom stereocenters. The number of hydrogen-bond donors (Lipinski definition) is 0. The fraction of sp³-hybridized carbons (Fsp3) is 0.250. The second-order valence-corrected chi connectivity index (χ2v) is 3.91. The number of methoxy groups -OCH3 is 1. The Morgan fingerprint density at radius 3 is 2.79 bits per heavy atom. The summed E-state index contributed by atoms with van der Waals surface area (Å²) in [7, 11) is 1.23. The molecule has 19 heavy (non-hydrogen) atoms. The molecular weight excluding hydrogens is 274 g/mol.